The lowest BCUT2D eigenvalue weighted by molar-refractivity contribution is 0.670. The van der Waals surface area contributed by atoms with E-state index in [1.54, 1.807) is 0 Å². The molecule has 0 N–H and O–H groups in total. The van der Waals surface area contributed by atoms with Crippen LogP contribution in [0.5, 0.6) is 0 Å². The summed E-state index contributed by atoms with van der Waals surface area (Å²) in [7, 11) is 0. The Morgan fingerprint density at radius 1 is 0.352 bits per heavy atom. The number of nitrogens with zero attached hydrogens (tertiary/aromatic N) is 5. The van der Waals surface area contributed by atoms with Crippen LogP contribution in [0.25, 0.3) is 132 Å². The van der Waals surface area contributed by atoms with Crippen LogP contribution in [-0.2, 0) is 5.41 Å². The Labute approximate surface area is 409 Å². The molecule has 10 aromatic carbocycles. The summed E-state index contributed by atoms with van der Waals surface area (Å²) in [6.07, 6.45) is 4.00. The largest absolute Gasteiger partial charge is 0.309 e. The van der Waals surface area contributed by atoms with Gasteiger partial charge in [-0.25, -0.2) is 9.97 Å². The van der Waals surface area contributed by atoms with Gasteiger partial charge in [0.2, 0.25) is 5.95 Å². The first-order valence-corrected chi connectivity index (χ1v) is 24.4. The molecule has 0 atom stereocenters. The molecule has 0 amide bonds. The third-order valence-electron chi connectivity index (χ3n) is 15.3. The average molecular weight is 906 g/mol. The van der Waals surface area contributed by atoms with Gasteiger partial charge < -0.3 is 4.57 Å². The normalized spacial score (nSPS) is 13.0. The lowest BCUT2D eigenvalue weighted by atomic mass is 9.78. The summed E-state index contributed by atoms with van der Waals surface area (Å²) >= 11 is 0. The first kappa shape index (κ1) is 39.8. The van der Waals surface area contributed by atoms with Gasteiger partial charge in [-0.3, -0.25) is 9.55 Å². The minimum atomic E-state index is -0.337. The summed E-state index contributed by atoms with van der Waals surface area (Å²) in [5.74, 6) is 0.600. The van der Waals surface area contributed by atoms with Gasteiger partial charge in [0, 0.05) is 55.5 Å². The molecule has 1 aliphatic rings. The Morgan fingerprint density at radius 2 is 0.887 bits per heavy atom. The van der Waals surface area contributed by atoms with Crippen LogP contribution in [0.2, 0.25) is 0 Å². The number of hydrogen-bond donors (Lipinski definition) is 0. The fourth-order valence-corrected chi connectivity index (χ4v) is 12.4. The summed E-state index contributed by atoms with van der Waals surface area (Å²) in [5.41, 5.74) is 16.5. The van der Waals surface area contributed by atoms with Crippen molar-refractivity contribution < 1.29 is 0 Å². The highest BCUT2D eigenvalue weighted by Gasteiger charge is 2.40. The van der Waals surface area contributed by atoms with Crippen molar-refractivity contribution in [3.63, 3.8) is 0 Å². The van der Waals surface area contributed by atoms with Crippen molar-refractivity contribution in [3.05, 3.63) is 236 Å². The second-order valence-electron chi connectivity index (χ2n) is 19.5. The van der Waals surface area contributed by atoms with Gasteiger partial charge in [0.25, 0.3) is 0 Å². The number of rotatable bonds is 5. The lowest BCUT2D eigenvalue weighted by Gasteiger charge is -2.26. The van der Waals surface area contributed by atoms with Crippen molar-refractivity contribution in [2.24, 2.45) is 0 Å². The van der Waals surface area contributed by atoms with E-state index in [1.807, 2.05) is 24.5 Å². The van der Waals surface area contributed by atoms with Crippen LogP contribution in [0.3, 0.4) is 0 Å². The summed E-state index contributed by atoms with van der Waals surface area (Å²) in [6, 6.07) is 76.8. The maximum atomic E-state index is 5.30. The van der Waals surface area contributed by atoms with Crippen LogP contribution in [0.4, 0.5) is 0 Å². The van der Waals surface area contributed by atoms with Crippen LogP contribution in [-0.4, -0.2) is 24.1 Å². The van der Waals surface area contributed by atoms with Gasteiger partial charge in [0.15, 0.2) is 0 Å². The third kappa shape index (κ3) is 5.66. The Hall–Kier alpha value is -9.19. The molecule has 332 valence electrons. The van der Waals surface area contributed by atoms with E-state index in [4.69, 9.17) is 15.0 Å². The van der Waals surface area contributed by atoms with E-state index in [2.05, 4.69) is 223 Å². The van der Waals surface area contributed by atoms with Crippen LogP contribution >= 0.6 is 0 Å². The van der Waals surface area contributed by atoms with Crippen molar-refractivity contribution in [2.75, 3.05) is 0 Å². The Balaban J connectivity index is 0.974. The maximum Gasteiger partial charge on any atom is 0.235 e. The van der Waals surface area contributed by atoms with Crippen LogP contribution in [0.15, 0.2) is 225 Å². The molecule has 0 fully saturated rings. The van der Waals surface area contributed by atoms with Crippen LogP contribution in [0.1, 0.15) is 25.0 Å². The van der Waals surface area contributed by atoms with E-state index in [-0.39, 0.29) is 5.41 Å². The summed E-state index contributed by atoms with van der Waals surface area (Å²) < 4.78 is 4.71. The predicted octanol–water partition coefficient (Wildman–Crippen LogP) is 16.8. The Morgan fingerprint density at radius 3 is 1.56 bits per heavy atom. The molecule has 14 aromatic rings. The van der Waals surface area contributed by atoms with Gasteiger partial charge in [0.05, 0.1) is 39.7 Å². The van der Waals surface area contributed by atoms with E-state index >= 15 is 0 Å². The average Bonchev–Trinajstić information content (AvgIpc) is 4.04. The third-order valence-corrected chi connectivity index (χ3v) is 15.3. The van der Waals surface area contributed by atoms with E-state index < -0.39 is 0 Å². The van der Waals surface area contributed by atoms with Gasteiger partial charge in [0.1, 0.15) is 0 Å². The fourth-order valence-electron chi connectivity index (χ4n) is 12.4. The number of fused-ring (bicyclic) bond motifs is 17. The Kier molecular flexibility index (Phi) is 8.35. The van der Waals surface area contributed by atoms with Crippen molar-refractivity contribution in [1.29, 1.82) is 0 Å². The lowest BCUT2D eigenvalue weighted by Crippen LogP contribution is -2.17. The van der Waals surface area contributed by atoms with Gasteiger partial charge in [-0.1, -0.05) is 190 Å². The van der Waals surface area contributed by atoms with Crippen molar-refractivity contribution in [1.82, 2.24) is 24.1 Å². The van der Waals surface area contributed by atoms with Gasteiger partial charge >= 0.3 is 0 Å². The molecule has 0 radical (unpaired) electrons. The first-order valence-electron chi connectivity index (χ1n) is 24.4. The van der Waals surface area contributed by atoms with Gasteiger partial charge in [-0.15, -0.1) is 0 Å². The highest BCUT2D eigenvalue weighted by atomic mass is 15.2. The molecule has 5 nitrogen and oxygen atoms in total. The standard InChI is InChI=1S/C66H43N5/c1-66(2)62-49(32-31-48-46-26-13-12-24-44(46)45-25-14-15-27-47(45)61(48)62)50-33-34-51-53-36-42(30-35-58(53)70(64(51)63(50)66)43-22-10-5-11-23-43)54-38-67-39-59-60(54)52-28-16-17-29-57(52)71(59)65-68-55(40-18-6-3-7-19-40)37-56(69-65)41-20-8-4-9-21-41/h3-39H,1-2H3. The van der Waals surface area contributed by atoms with Crippen molar-refractivity contribution in [3.8, 4) is 56.4 Å². The fraction of sp³-hybridized carbons (Fsp3) is 0.0455. The number of pyridine rings is 1. The molecule has 4 heterocycles. The van der Waals surface area contributed by atoms with E-state index in [0.29, 0.717) is 5.95 Å². The molecule has 0 saturated carbocycles. The zero-order valence-electron chi connectivity index (χ0n) is 39.1. The monoisotopic (exact) mass is 905 g/mol. The molecule has 4 aromatic heterocycles. The van der Waals surface area contributed by atoms with Crippen LogP contribution in [0, 0.1) is 0 Å². The molecule has 5 heteroatoms. The van der Waals surface area contributed by atoms with Crippen molar-refractivity contribution >= 4 is 75.9 Å². The summed E-state index contributed by atoms with van der Waals surface area (Å²) in [6.45, 7) is 4.90. The molecule has 0 bridgehead atoms. The molecule has 15 rings (SSSR count). The van der Waals surface area contributed by atoms with Crippen LogP contribution < -0.4 is 0 Å². The second-order valence-corrected chi connectivity index (χ2v) is 19.5. The molecule has 0 unspecified atom stereocenters. The topological polar surface area (TPSA) is 48.5 Å². The minimum Gasteiger partial charge on any atom is -0.309 e. The molecule has 0 saturated heterocycles. The van der Waals surface area contributed by atoms with Gasteiger partial charge in [-0.05, 0) is 96.5 Å². The number of hydrogen-bond acceptors (Lipinski definition) is 3. The van der Waals surface area contributed by atoms with E-state index in [1.165, 1.54) is 76.4 Å². The Bertz CT molecular complexity index is 4430. The smallest absolute Gasteiger partial charge is 0.235 e. The van der Waals surface area contributed by atoms with E-state index in [9.17, 15) is 0 Å². The quantitative estimate of drug-likeness (QED) is 0.162. The zero-order valence-corrected chi connectivity index (χ0v) is 39.1. The highest BCUT2D eigenvalue weighted by molar-refractivity contribution is 6.28. The molecule has 0 aliphatic heterocycles. The molecular weight excluding hydrogens is 863 g/mol. The van der Waals surface area contributed by atoms with Crippen molar-refractivity contribution in [2.45, 2.75) is 19.3 Å². The number of para-hydroxylation sites is 2. The summed E-state index contributed by atoms with van der Waals surface area (Å²) in [5, 5.41) is 12.5. The zero-order chi connectivity index (χ0) is 47.0. The number of benzene rings is 10. The molecule has 1 aliphatic carbocycles. The SMILES string of the molecule is CC1(C)c2c(ccc3c4ccccc4c4ccccc4c23)-c2ccc3c4cc(-c5cncc6c5c5ccccc5n6-c5nc(-c6ccccc6)cc(-c6ccccc6)n5)ccc4n(-c4ccccc4)c3c21. The molecule has 0 spiro atoms. The van der Waals surface area contributed by atoms with E-state index in [0.717, 1.165) is 61.1 Å². The molecule has 71 heavy (non-hydrogen) atoms. The maximum absolute atomic E-state index is 5.30. The highest BCUT2D eigenvalue weighted by Crippen LogP contribution is 2.57. The predicted molar refractivity (Wildman–Crippen MR) is 295 cm³/mol. The number of aromatic nitrogens is 5. The minimum absolute atomic E-state index is 0.337. The first-order chi connectivity index (χ1) is 35.0. The summed E-state index contributed by atoms with van der Waals surface area (Å²) in [4.78, 5) is 15.6. The second kappa shape index (κ2) is 14.9. The molecular formula is C66H43N5. The van der Waals surface area contributed by atoms with Gasteiger partial charge in [-0.2, -0.15) is 0 Å².